The average Bonchev–Trinajstić information content (AvgIpc) is 3.13. The molecular weight excluding hydrogens is 380 g/mol. The Kier molecular flexibility index (Phi) is 4.82. The summed E-state index contributed by atoms with van der Waals surface area (Å²) in [5.41, 5.74) is 2.06. The first-order valence-electron chi connectivity index (χ1n) is 8.42. The molecule has 0 aliphatic carbocycles. The molecule has 0 fully saturated rings. The zero-order valence-electron chi connectivity index (χ0n) is 15.5. The van der Waals surface area contributed by atoms with Crippen LogP contribution in [0.2, 0.25) is 0 Å². The van der Waals surface area contributed by atoms with Crippen LogP contribution in [0.3, 0.4) is 0 Å². The molecule has 0 spiro atoms. The third kappa shape index (κ3) is 3.36. The monoisotopic (exact) mass is 398 g/mol. The van der Waals surface area contributed by atoms with Gasteiger partial charge >= 0.3 is 0 Å². The van der Waals surface area contributed by atoms with Crippen molar-refractivity contribution < 1.29 is 14.2 Å². The molecule has 0 radical (unpaired) electrons. The molecule has 2 N–H and O–H groups in total. The van der Waals surface area contributed by atoms with E-state index in [2.05, 4.69) is 19.9 Å². The highest BCUT2D eigenvalue weighted by Crippen LogP contribution is 2.30. The number of aromatic nitrogens is 4. The lowest BCUT2D eigenvalue weighted by atomic mass is 10.2. The van der Waals surface area contributed by atoms with E-state index < -0.39 is 0 Å². The molecule has 2 aromatic carbocycles. The quantitative estimate of drug-likeness (QED) is 0.481. The predicted molar refractivity (Wildman–Crippen MR) is 108 cm³/mol. The number of H-pyrrole nitrogens is 2. The molecule has 2 heterocycles. The largest absolute Gasteiger partial charge is 0.497 e. The van der Waals surface area contributed by atoms with Gasteiger partial charge in [0.1, 0.15) is 11.6 Å². The van der Waals surface area contributed by atoms with Crippen LogP contribution in [0.5, 0.6) is 17.2 Å². The fourth-order valence-corrected chi connectivity index (χ4v) is 3.64. The van der Waals surface area contributed by atoms with E-state index in [1.54, 1.807) is 26.4 Å². The third-order valence-electron chi connectivity index (χ3n) is 4.27. The van der Waals surface area contributed by atoms with E-state index in [4.69, 9.17) is 14.2 Å². The van der Waals surface area contributed by atoms with Crippen molar-refractivity contribution in [3.05, 3.63) is 46.5 Å². The zero-order valence-corrected chi connectivity index (χ0v) is 16.3. The van der Waals surface area contributed by atoms with Crippen LogP contribution >= 0.6 is 11.8 Å². The van der Waals surface area contributed by atoms with Crippen molar-refractivity contribution in [2.24, 2.45) is 0 Å². The van der Waals surface area contributed by atoms with Crippen molar-refractivity contribution in [2.45, 2.75) is 10.9 Å². The number of hydrogen-bond donors (Lipinski definition) is 2. The van der Waals surface area contributed by atoms with Crippen LogP contribution in [-0.2, 0) is 5.75 Å². The Hall–Kier alpha value is -3.20. The lowest BCUT2D eigenvalue weighted by Gasteiger charge is -2.09. The summed E-state index contributed by atoms with van der Waals surface area (Å²) in [5, 5.41) is 1.18. The van der Waals surface area contributed by atoms with Gasteiger partial charge in [-0.1, -0.05) is 11.8 Å². The van der Waals surface area contributed by atoms with Gasteiger partial charge in [0.25, 0.3) is 5.56 Å². The molecule has 0 atom stereocenters. The van der Waals surface area contributed by atoms with E-state index >= 15 is 0 Å². The van der Waals surface area contributed by atoms with Gasteiger partial charge in [-0.25, -0.2) is 9.97 Å². The topological polar surface area (TPSA) is 102 Å². The lowest BCUT2D eigenvalue weighted by Crippen LogP contribution is -2.11. The number of hydrogen-bond acceptors (Lipinski definition) is 7. The van der Waals surface area contributed by atoms with Crippen LogP contribution in [0.15, 0.2) is 40.3 Å². The molecule has 0 bridgehead atoms. The predicted octanol–water partition coefficient (Wildman–Crippen LogP) is 3.12. The summed E-state index contributed by atoms with van der Waals surface area (Å²) >= 11 is 1.45. The smallest absolute Gasteiger partial charge is 0.258 e. The molecular formula is C19H18N4O4S. The maximum Gasteiger partial charge on any atom is 0.258 e. The van der Waals surface area contributed by atoms with Gasteiger partial charge in [0.05, 0.1) is 49.0 Å². The van der Waals surface area contributed by atoms with Crippen LogP contribution < -0.4 is 19.8 Å². The summed E-state index contributed by atoms with van der Waals surface area (Å²) in [6.45, 7) is 0. The maximum absolute atomic E-state index is 12.5. The normalized spacial score (nSPS) is 11.1. The molecule has 4 aromatic rings. The Morgan fingerprint density at radius 1 is 0.929 bits per heavy atom. The van der Waals surface area contributed by atoms with Gasteiger partial charge < -0.3 is 24.2 Å². The van der Waals surface area contributed by atoms with E-state index in [9.17, 15) is 4.79 Å². The second-order valence-corrected chi connectivity index (χ2v) is 6.91. The molecule has 2 aromatic heterocycles. The van der Waals surface area contributed by atoms with Crippen molar-refractivity contribution in [1.82, 2.24) is 19.9 Å². The van der Waals surface area contributed by atoms with Crippen LogP contribution in [0.25, 0.3) is 21.9 Å². The standard InChI is InChI=1S/C19H18N4O4S/c1-25-10-4-5-12-14(6-10)22-19(21-12)28-9-17-20-13-8-16(27-3)15(26-2)7-11(13)18(24)23-17/h4-8H,9H2,1-3H3,(H,21,22)(H,20,23,24). The molecule has 8 nitrogen and oxygen atoms in total. The molecule has 4 rings (SSSR count). The summed E-state index contributed by atoms with van der Waals surface area (Å²) in [6, 6.07) is 8.98. The fraction of sp³-hybridized carbons (Fsp3) is 0.211. The van der Waals surface area contributed by atoms with Crippen LogP contribution in [0.1, 0.15) is 5.82 Å². The zero-order chi connectivity index (χ0) is 19.7. The molecule has 0 amide bonds. The van der Waals surface area contributed by atoms with Gasteiger partial charge in [-0.3, -0.25) is 4.79 Å². The number of methoxy groups -OCH3 is 3. The second kappa shape index (κ2) is 7.43. The first kappa shape index (κ1) is 18.2. The van der Waals surface area contributed by atoms with Gasteiger partial charge in [0, 0.05) is 12.1 Å². The molecule has 0 saturated heterocycles. The number of benzene rings is 2. The second-order valence-electron chi connectivity index (χ2n) is 5.95. The van der Waals surface area contributed by atoms with Crippen LogP contribution in [-0.4, -0.2) is 41.3 Å². The minimum absolute atomic E-state index is 0.226. The highest BCUT2D eigenvalue weighted by atomic mass is 32.2. The van der Waals surface area contributed by atoms with E-state index in [-0.39, 0.29) is 5.56 Å². The van der Waals surface area contributed by atoms with Gasteiger partial charge in [-0.2, -0.15) is 0 Å². The number of nitrogens with zero attached hydrogens (tertiary/aromatic N) is 2. The van der Waals surface area contributed by atoms with Crippen LogP contribution in [0, 0.1) is 0 Å². The van der Waals surface area contributed by atoms with E-state index in [1.807, 2.05) is 18.2 Å². The molecule has 9 heteroatoms. The molecule has 144 valence electrons. The summed E-state index contributed by atoms with van der Waals surface area (Å²) < 4.78 is 15.8. The van der Waals surface area contributed by atoms with E-state index in [0.29, 0.717) is 34.0 Å². The Morgan fingerprint density at radius 3 is 2.46 bits per heavy atom. The summed E-state index contributed by atoms with van der Waals surface area (Å²) in [5.74, 6) is 2.78. The molecule has 0 aliphatic rings. The number of nitrogens with one attached hydrogen (secondary N) is 2. The Bertz CT molecular complexity index is 1220. The third-order valence-corrected chi connectivity index (χ3v) is 5.16. The number of aromatic amines is 2. The molecule has 28 heavy (non-hydrogen) atoms. The minimum atomic E-state index is -0.226. The average molecular weight is 398 g/mol. The number of imidazole rings is 1. The van der Waals surface area contributed by atoms with Gasteiger partial charge in [-0.15, -0.1) is 0 Å². The summed E-state index contributed by atoms with van der Waals surface area (Å²) in [6.07, 6.45) is 0. The van der Waals surface area contributed by atoms with E-state index in [0.717, 1.165) is 21.9 Å². The SMILES string of the molecule is COc1ccc2nc(SCc3nc4cc(OC)c(OC)cc4c(=O)[nH]3)[nH]c2c1. The van der Waals surface area contributed by atoms with Crippen molar-refractivity contribution in [3.8, 4) is 17.2 Å². The number of ether oxygens (including phenoxy) is 3. The number of thioether (sulfide) groups is 1. The first-order chi connectivity index (χ1) is 13.6. The number of rotatable bonds is 6. The fourth-order valence-electron chi connectivity index (χ4n) is 2.88. The van der Waals surface area contributed by atoms with E-state index in [1.165, 1.54) is 18.9 Å². The highest BCUT2D eigenvalue weighted by molar-refractivity contribution is 7.98. The summed E-state index contributed by atoms with van der Waals surface area (Å²) in [7, 11) is 4.70. The highest BCUT2D eigenvalue weighted by Gasteiger charge is 2.12. The maximum atomic E-state index is 12.5. The van der Waals surface area contributed by atoms with Gasteiger partial charge in [-0.05, 0) is 18.2 Å². The van der Waals surface area contributed by atoms with Crippen molar-refractivity contribution in [3.63, 3.8) is 0 Å². The molecule has 0 unspecified atom stereocenters. The van der Waals surface area contributed by atoms with Crippen LogP contribution in [0.4, 0.5) is 0 Å². The number of fused-ring (bicyclic) bond motifs is 2. The Labute approximate surface area is 164 Å². The van der Waals surface area contributed by atoms with Crippen molar-refractivity contribution >= 4 is 33.7 Å². The van der Waals surface area contributed by atoms with Crippen molar-refractivity contribution in [2.75, 3.05) is 21.3 Å². The van der Waals surface area contributed by atoms with Gasteiger partial charge in [0.15, 0.2) is 16.7 Å². The lowest BCUT2D eigenvalue weighted by molar-refractivity contribution is 0.355. The summed E-state index contributed by atoms with van der Waals surface area (Å²) in [4.78, 5) is 27.6. The molecule has 0 aliphatic heterocycles. The first-order valence-corrected chi connectivity index (χ1v) is 9.41. The Balaban J connectivity index is 1.62. The van der Waals surface area contributed by atoms with Crippen molar-refractivity contribution in [1.29, 1.82) is 0 Å². The minimum Gasteiger partial charge on any atom is -0.497 e. The van der Waals surface area contributed by atoms with Gasteiger partial charge in [0.2, 0.25) is 0 Å². The molecule has 0 saturated carbocycles. The Morgan fingerprint density at radius 2 is 1.71 bits per heavy atom.